The number of benzene rings is 1. The summed E-state index contributed by atoms with van der Waals surface area (Å²) in [5, 5.41) is 0.856. The van der Waals surface area contributed by atoms with Crippen molar-refractivity contribution < 1.29 is 0 Å². The van der Waals surface area contributed by atoms with Gasteiger partial charge < -0.3 is 4.98 Å². The zero-order valence-corrected chi connectivity index (χ0v) is 10.8. The fourth-order valence-corrected chi connectivity index (χ4v) is 1.79. The lowest BCUT2D eigenvalue weighted by molar-refractivity contribution is 1.06. The normalized spacial score (nSPS) is 10.5. The van der Waals surface area contributed by atoms with Crippen LogP contribution in [0.2, 0.25) is 10.0 Å². The molecule has 1 aromatic heterocycles. The molecule has 0 atom stereocenters. The van der Waals surface area contributed by atoms with Crippen LogP contribution in [-0.4, -0.2) is 9.97 Å². The van der Waals surface area contributed by atoms with Crippen LogP contribution in [0.1, 0.15) is 5.69 Å². The third kappa shape index (κ3) is 2.80. The molecule has 0 saturated heterocycles. The van der Waals surface area contributed by atoms with Gasteiger partial charge in [0.1, 0.15) is 5.82 Å². The van der Waals surface area contributed by atoms with Gasteiger partial charge in [-0.25, -0.2) is 4.98 Å². The van der Waals surface area contributed by atoms with Crippen molar-refractivity contribution in [3.05, 3.63) is 50.4 Å². The molecule has 17 heavy (non-hydrogen) atoms. The lowest BCUT2D eigenvalue weighted by Crippen LogP contribution is -2.09. The molecule has 0 aliphatic heterocycles. The highest BCUT2D eigenvalue weighted by Crippen LogP contribution is 2.26. The van der Waals surface area contributed by atoms with Crippen molar-refractivity contribution in [3.8, 4) is 11.4 Å². The SMILES string of the molecule is O=c1cc(CCl)nc(-c2ccc(Cl)c(Cl)c2)[nH]1. The van der Waals surface area contributed by atoms with E-state index in [2.05, 4.69) is 9.97 Å². The van der Waals surface area contributed by atoms with E-state index in [1.54, 1.807) is 18.2 Å². The lowest BCUT2D eigenvalue weighted by atomic mass is 10.2. The number of alkyl halides is 1. The summed E-state index contributed by atoms with van der Waals surface area (Å²) in [5.74, 6) is 0.602. The van der Waals surface area contributed by atoms with E-state index in [1.807, 2.05) is 0 Å². The molecule has 0 saturated carbocycles. The molecule has 1 heterocycles. The first-order valence-electron chi connectivity index (χ1n) is 4.72. The first-order chi connectivity index (χ1) is 8.10. The Morgan fingerprint density at radius 2 is 1.94 bits per heavy atom. The van der Waals surface area contributed by atoms with Gasteiger partial charge in [0.15, 0.2) is 0 Å². The minimum Gasteiger partial charge on any atom is -0.307 e. The molecular formula is C11H7Cl3N2O. The van der Waals surface area contributed by atoms with E-state index in [0.717, 1.165) is 0 Å². The van der Waals surface area contributed by atoms with E-state index in [9.17, 15) is 4.79 Å². The van der Waals surface area contributed by atoms with Gasteiger partial charge >= 0.3 is 0 Å². The van der Waals surface area contributed by atoms with E-state index < -0.39 is 0 Å². The van der Waals surface area contributed by atoms with Crippen LogP contribution in [0.5, 0.6) is 0 Å². The lowest BCUT2D eigenvalue weighted by Gasteiger charge is -2.04. The molecule has 6 heteroatoms. The van der Waals surface area contributed by atoms with E-state index in [4.69, 9.17) is 34.8 Å². The summed E-state index contributed by atoms with van der Waals surface area (Å²) in [6.45, 7) is 0. The van der Waals surface area contributed by atoms with Gasteiger partial charge in [-0.15, -0.1) is 11.6 Å². The summed E-state index contributed by atoms with van der Waals surface area (Å²) in [6, 6.07) is 6.37. The maximum atomic E-state index is 11.4. The van der Waals surface area contributed by atoms with Gasteiger partial charge in [-0.2, -0.15) is 0 Å². The van der Waals surface area contributed by atoms with E-state index >= 15 is 0 Å². The quantitative estimate of drug-likeness (QED) is 0.860. The van der Waals surface area contributed by atoms with Gasteiger partial charge in [-0.1, -0.05) is 23.2 Å². The fourth-order valence-electron chi connectivity index (χ4n) is 1.36. The van der Waals surface area contributed by atoms with Crippen molar-refractivity contribution in [2.75, 3.05) is 0 Å². The summed E-state index contributed by atoms with van der Waals surface area (Å²) < 4.78 is 0. The number of hydrogen-bond acceptors (Lipinski definition) is 2. The number of nitrogens with zero attached hydrogens (tertiary/aromatic N) is 1. The third-order valence-corrected chi connectivity index (χ3v) is 3.14. The van der Waals surface area contributed by atoms with Gasteiger partial charge in [0.2, 0.25) is 0 Å². The summed E-state index contributed by atoms with van der Waals surface area (Å²) in [4.78, 5) is 18.2. The van der Waals surface area contributed by atoms with Crippen molar-refractivity contribution in [1.82, 2.24) is 9.97 Å². The van der Waals surface area contributed by atoms with E-state index in [0.29, 0.717) is 27.1 Å². The Hall–Kier alpha value is -1.03. The first-order valence-corrected chi connectivity index (χ1v) is 6.01. The van der Waals surface area contributed by atoms with Crippen molar-refractivity contribution in [3.63, 3.8) is 0 Å². The number of aromatic amines is 1. The molecule has 0 fully saturated rings. The smallest absolute Gasteiger partial charge is 0.251 e. The Morgan fingerprint density at radius 1 is 1.18 bits per heavy atom. The average molecular weight is 290 g/mol. The second kappa shape index (κ2) is 5.08. The van der Waals surface area contributed by atoms with Crippen LogP contribution in [0.4, 0.5) is 0 Å². The maximum absolute atomic E-state index is 11.4. The standard InChI is InChI=1S/C11H7Cl3N2O/c12-5-7-4-10(17)16-11(15-7)6-1-2-8(13)9(14)3-6/h1-4H,5H2,(H,15,16,17). The fraction of sp³-hybridized carbons (Fsp3) is 0.0909. The summed E-state index contributed by atoms with van der Waals surface area (Å²) in [7, 11) is 0. The van der Waals surface area contributed by atoms with Gasteiger partial charge in [0.25, 0.3) is 5.56 Å². The molecule has 0 aliphatic carbocycles. The predicted molar refractivity (Wildman–Crippen MR) is 69.9 cm³/mol. The van der Waals surface area contributed by atoms with Crippen molar-refractivity contribution in [2.45, 2.75) is 5.88 Å². The highest BCUT2D eigenvalue weighted by atomic mass is 35.5. The highest BCUT2D eigenvalue weighted by Gasteiger charge is 2.06. The van der Waals surface area contributed by atoms with Crippen LogP contribution < -0.4 is 5.56 Å². The van der Waals surface area contributed by atoms with Crippen molar-refractivity contribution in [1.29, 1.82) is 0 Å². The molecule has 88 valence electrons. The molecule has 0 spiro atoms. The predicted octanol–water partition coefficient (Wildman–Crippen LogP) is 3.48. The second-order valence-electron chi connectivity index (χ2n) is 3.35. The minimum atomic E-state index is -0.253. The molecule has 1 aromatic carbocycles. The van der Waals surface area contributed by atoms with Crippen LogP contribution in [0.3, 0.4) is 0 Å². The highest BCUT2D eigenvalue weighted by molar-refractivity contribution is 6.42. The summed E-state index contributed by atoms with van der Waals surface area (Å²) in [6.07, 6.45) is 0. The Kier molecular flexibility index (Phi) is 3.72. The Balaban J connectivity index is 2.55. The average Bonchev–Trinajstić information content (AvgIpc) is 2.32. The molecule has 3 nitrogen and oxygen atoms in total. The third-order valence-electron chi connectivity index (χ3n) is 2.12. The summed E-state index contributed by atoms with van der Waals surface area (Å²) >= 11 is 17.4. The van der Waals surface area contributed by atoms with Crippen LogP contribution in [0.15, 0.2) is 29.1 Å². The van der Waals surface area contributed by atoms with Crippen LogP contribution in [0.25, 0.3) is 11.4 Å². The maximum Gasteiger partial charge on any atom is 0.251 e. The zero-order chi connectivity index (χ0) is 12.4. The molecule has 0 bridgehead atoms. The van der Waals surface area contributed by atoms with Crippen LogP contribution in [0, 0.1) is 0 Å². The van der Waals surface area contributed by atoms with E-state index in [-0.39, 0.29) is 11.4 Å². The van der Waals surface area contributed by atoms with Gasteiger partial charge in [0.05, 0.1) is 21.6 Å². The number of H-pyrrole nitrogens is 1. The van der Waals surface area contributed by atoms with Gasteiger partial charge in [-0.3, -0.25) is 4.79 Å². The molecule has 2 rings (SSSR count). The first kappa shape index (κ1) is 12.4. The Labute approximate surface area is 112 Å². The molecule has 1 N–H and O–H groups in total. The zero-order valence-electron chi connectivity index (χ0n) is 8.51. The molecule has 0 amide bonds. The van der Waals surface area contributed by atoms with Gasteiger partial charge in [0, 0.05) is 11.6 Å². The molecular weight excluding hydrogens is 282 g/mol. The Morgan fingerprint density at radius 3 is 2.59 bits per heavy atom. The largest absolute Gasteiger partial charge is 0.307 e. The minimum absolute atomic E-state index is 0.179. The Bertz CT molecular complexity index is 610. The van der Waals surface area contributed by atoms with Crippen molar-refractivity contribution >= 4 is 34.8 Å². The molecule has 0 radical (unpaired) electrons. The van der Waals surface area contributed by atoms with E-state index in [1.165, 1.54) is 6.07 Å². The number of hydrogen-bond donors (Lipinski definition) is 1. The van der Waals surface area contributed by atoms with Crippen molar-refractivity contribution in [2.24, 2.45) is 0 Å². The number of aromatic nitrogens is 2. The molecule has 0 unspecified atom stereocenters. The van der Waals surface area contributed by atoms with Gasteiger partial charge in [-0.05, 0) is 18.2 Å². The van der Waals surface area contributed by atoms with Crippen LogP contribution >= 0.6 is 34.8 Å². The summed E-state index contributed by atoms with van der Waals surface area (Å²) in [5.41, 5.74) is 0.941. The molecule has 0 aliphatic rings. The molecule has 2 aromatic rings. The second-order valence-corrected chi connectivity index (χ2v) is 4.43. The van der Waals surface area contributed by atoms with Crippen LogP contribution in [-0.2, 0) is 5.88 Å². The number of nitrogens with one attached hydrogen (secondary N) is 1. The number of rotatable bonds is 2. The monoisotopic (exact) mass is 288 g/mol. The topological polar surface area (TPSA) is 45.8 Å². The number of halogens is 3.